The fraction of sp³-hybridized carbons (Fsp3) is 0.500. The van der Waals surface area contributed by atoms with Crippen molar-refractivity contribution in [3.05, 3.63) is 29.8 Å². The van der Waals surface area contributed by atoms with Gasteiger partial charge in [0.15, 0.2) is 0 Å². The van der Waals surface area contributed by atoms with Crippen molar-refractivity contribution in [1.29, 1.82) is 0 Å². The third kappa shape index (κ3) is 1.72. The van der Waals surface area contributed by atoms with Gasteiger partial charge in [-0.25, -0.2) is 0 Å². The van der Waals surface area contributed by atoms with E-state index in [0.29, 0.717) is 13.0 Å². The van der Waals surface area contributed by atoms with Crippen LogP contribution < -0.4 is 10.8 Å². The van der Waals surface area contributed by atoms with E-state index < -0.39 is 0 Å². The Morgan fingerprint density at radius 3 is 2.78 bits per heavy atom. The molecular weight excluding hydrogens is 228 g/mol. The maximum Gasteiger partial charge on any atom is 0.253 e. The van der Waals surface area contributed by atoms with Crippen molar-refractivity contribution < 1.29 is 9.63 Å². The quantitative estimate of drug-likeness (QED) is 0.883. The summed E-state index contributed by atoms with van der Waals surface area (Å²) in [6, 6.07) is 8.16. The molecule has 0 bridgehead atoms. The zero-order chi connectivity index (χ0) is 12.8. The minimum absolute atomic E-state index is 0.0257. The molecule has 0 radical (unpaired) electrons. The number of nitrogens with zero attached hydrogens (tertiary/aromatic N) is 1. The van der Waals surface area contributed by atoms with E-state index in [4.69, 9.17) is 10.6 Å². The van der Waals surface area contributed by atoms with Gasteiger partial charge in [-0.15, -0.1) is 0 Å². The molecule has 1 aromatic carbocycles. The molecule has 96 valence electrons. The number of hydrogen-bond acceptors (Lipinski definition) is 3. The Morgan fingerprint density at radius 1 is 1.44 bits per heavy atom. The van der Waals surface area contributed by atoms with Gasteiger partial charge in [0.25, 0.3) is 5.91 Å². The third-order valence-corrected chi connectivity index (χ3v) is 4.08. The van der Waals surface area contributed by atoms with Gasteiger partial charge in [-0.1, -0.05) is 12.1 Å². The van der Waals surface area contributed by atoms with E-state index in [9.17, 15) is 4.79 Å². The summed E-state index contributed by atoms with van der Waals surface area (Å²) in [5.41, 5.74) is 8.24. The highest BCUT2D eigenvalue weighted by Crippen LogP contribution is 2.50. The van der Waals surface area contributed by atoms with Crippen molar-refractivity contribution in [2.75, 3.05) is 11.7 Å². The number of hydrogen-bond donors (Lipinski definition) is 1. The number of anilines is 1. The van der Waals surface area contributed by atoms with E-state index in [1.807, 2.05) is 18.2 Å². The lowest BCUT2D eigenvalue weighted by atomic mass is 9.89. The molecule has 1 amide bonds. The average Bonchev–Trinajstić information content (AvgIpc) is 3.07. The number of nitrogens with two attached hydrogens (primary N) is 1. The topological polar surface area (TPSA) is 55.6 Å². The lowest BCUT2D eigenvalue weighted by molar-refractivity contribution is -0.119. The highest BCUT2D eigenvalue weighted by atomic mass is 16.7. The van der Waals surface area contributed by atoms with Crippen molar-refractivity contribution in [2.45, 2.75) is 37.6 Å². The van der Waals surface area contributed by atoms with Crippen LogP contribution in [0, 0.1) is 0 Å². The molecule has 0 spiro atoms. The van der Waals surface area contributed by atoms with E-state index in [0.717, 1.165) is 18.5 Å². The molecular formula is C14H18N2O2. The van der Waals surface area contributed by atoms with Gasteiger partial charge in [0.2, 0.25) is 0 Å². The van der Waals surface area contributed by atoms with Crippen LogP contribution in [0.5, 0.6) is 0 Å². The molecule has 1 saturated heterocycles. The fourth-order valence-corrected chi connectivity index (χ4v) is 2.70. The normalized spacial score (nSPS) is 23.2. The van der Waals surface area contributed by atoms with Crippen molar-refractivity contribution in [2.24, 2.45) is 5.73 Å². The smallest absolute Gasteiger partial charge is 0.253 e. The van der Waals surface area contributed by atoms with Crippen molar-refractivity contribution in [1.82, 2.24) is 0 Å². The number of benzene rings is 1. The number of carbonyl (C=O) groups is 1. The second-order valence-corrected chi connectivity index (χ2v) is 5.27. The average molecular weight is 246 g/mol. The summed E-state index contributed by atoms with van der Waals surface area (Å²) in [5, 5.41) is 1.40. The summed E-state index contributed by atoms with van der Waals surface area (Å²) in [6.07, 6.45) is 2.72. The molecule has 4 nitrogen and oxygen atoms in total. The van der Waals surface area contributed by atoms with Gasteiger partial charge in [0.05, 0.1) is 18.7 Å². The van der Waals surface area contributed by atoms with Gasteiger partial charge in [0, 0.05) is 11.5 Å². The van der Waals surface area contributed by atoms with E-state index in [1.54, 1.807) is 0 Å². The second-order valence-electron chi connectivity index (χ2n) is 5.27. The van der Waals surface area contributed by atoms with E-state index >= 15 is 0 Å². The van der Waals surface area contributed by atoms with Crippen LogP contribution in [0.2, 0.25) is 0 Å². The van der Waals surface area contributed by atoms with Gasteiger partial charge in [-0.2, -0.15) is 5.06 Å². The Kier molecular flexibility index (Phi) is 2.64. The summed E-state index contributed by atoms with van der Waals surface area (Å²) >= 11 is 0. The Hall–Kier alpha value is -1.39. The molecule has 1 aliphatic heterocycles. The Balaban J connectivity index is 1.92. The van der Waals surface area contributed by atoms with Crippen LogP contribution in [-0.4, -0.2) is 18.6 Å². The van der Waals surface area contributed by atoms with Crippen molar-refractivity contribution >= 4 is 11.6 Å². The number of carbonyl (C=O) groups excluding carboxylic acids is 1. The van der Waals surface area contributed by atoms with Crippen LogP contribution in [-0.2, 0) is 15.0 Å². The summed E-state index contributed by atoms with van der Waals surface area (Å²) in [5.74, 6) is 0.0257. The largest absolute Gasteiger partial charge is 0.327 e. The Labute approximate surface area is 107 Å². The van der Waals surface area contributed by atoms with Crippen LogP contribution in [0.3, 0.4) is 0 Å². The molecule has 1 saturated carbocycles. The molecule has 1 aromatic rings. The molecule has 2 aliphatic rings. The molecule has 0 aromatic heterocycles. The second kappa shape index (κ2) is 4.07. The molecule has 1 unspecified atom stereocenters. The number of rotatable bonds is 3. The highest BCUT2D eigenvalue weighted by Gasteiger charge is 2.47. The first kappa shape index (κ1) is 11.7. The molecule has 3 rings (SSSR count). The van der Waals surface area contributed by atoms with Gasteiger partial charge in [0.1, 0.15) is 0 Å². The molecule has 4 heteroatoms. The minimum atomic E-state index is 0.0257. The van der Waals surface area contributed by atoms with Crippen LogP contribution in [0.1, 0.15) is 31.7 Å². The Bertz CT molecular complexity index is 480. The van der Waals surface area contributed by atoms with Gasteiger partial charge in [-0.3, -0.25) is 9.63 Å². The summed E-state index contributed by atoms with van der Waals surface area (Å²) in [7, 11) is 0. The third-order valence-electron chi connectivity index (χ3n) is 4.08. The predicted octanol–water partition coefficient (Wildman–Crippen LogP) is 1.73. The SMILES string of the molecule is CC(N)C1(c2cccc(N3OCCC3=O)c2)CC1. The maximum atomic E-state index is 11.7. The molecule has 2 fully saturated rings. The van der Waals surface area contributed by atoms with E-state index in [1.165, 1.54) is 10.6 Å². The van der Waals surface area contributed by atoms with Crippen molar-refractivity contribution in [3.8, 4) is 0 Å². The summed E-state index contributed by atoms with van der Waals surface area (Å²) in [4.78, 5) is 17.0. The van der Waals surface area contributed by atoms with Crippen LogP contribution in [0.4, 0.5) is 5.69 Å². The molecule has 18 heavy (non-hydrogen) atoms. The standard InChI is InChI=1S/C14H18N2O2/c1-10(15)14(6-7-14)11-3-2-4-12(9-11)16-13(17)5-8-18-16/h2-4,9-10H,5-8,15H2,1H3. The zero-order valence-corrected chi connectivity index (χ0v) is 10.6. The monoisotopic (exact) mass is 246 g/mol. The number of amides is 1. The first-order valence-electron chi connectivity index (χ1n) is 6.45. The molecule has 1 atom stereocenters. The van der Waals surface area contributed by atoms with Crippen LogP contribution >= 0.6 is 0 Å². The molecule has 1 aliphatic carbocycles. The summed E-state index contributed by atoms with van der Waals surface area (Å²) in [6.45, 7) is 2.53. The van der Waals surface area contributed by atoms with Gasteiger partial charge < -0.3 is 5.73 Å². The first-order valence-corrected chi connectivity index (χ1v) is 6.45. The van der Waals surface area contributed by atoms with Gasteiger partial charge >= 0.3 is 0 Å². The molecule has 1 heterocycles. The van der Waals surface area contributed by atoms with Gasteiger partial charge in [-0.05, 0) is 37.5 Å². The van der Waals surface area contributed by atoms with Crippen LogP contribution in [0.25, 0.3) is 0 Å². The van der Waals surface area contributed by atoms with E-state index in [2.05, 4.69) is 13.0 Å². The maximum absolute atomic E-state index is 11.7. The van der Waals surface area contributed by atoms with Crippen LogP contribution in [0.15, 0.2) is 24.3 Å². The Morgan fingerprint density at radius 2 is 2.22 bits per heavy atom. The fourth-order valence-electron chi connectivity index (χ4n) is 2.70. The highest BCUT2D eigenvalue weighted by molar-refractivity contribution is 5.92. The lowest BCUT2D eigenvalue weighted by Crippen LogP contribution is -2.32. The van der Waals surface area contributed by atoms with Crippen molar-refractivity contribution in [3.63, 3.8) is 0 Å². The zero-order valence-electron chi connectivity index (χ0n) is 10.6. The molecule has 2 N–H and O–H groups in total. The minimum Gasteiger partial charge on any atom is -0.327 e. The lowest BCUT2D eigenvalue weighted by Gasteiger charge is -2.22. The predicted molar refractivity (Wildman–Crippen MR) is 69.1 cm³/mol. The number of hydroxylamine groups is 1. The first-order chi connectivity index (χ1) is 8.63. The van der Waals surface area contributed by atoms with E-state index in [-0.39, 0.29) is 17.4 Å². The summed E-state index contributed by atoms with van der Waals surface area (Å²) < 4.78 is 0.